The van der Waals surface area contributed by atoms with Gasteiger partial charge in [-0.25, -0.2) is 0 Å². The Morgan fingerprint density at radius 2 is 2.25 bits per heavy atom. The van der Waals surface area contributed by atoms with Crippen molar-refractivity contribution < 1.29 is 4.74 Å². The summed E-state index contributed by atoms with van der Waals surface area (Å²) < 4.78 is 8.06. The highest BCUT2D eigenvalue weighted by Gasteiger charge is 2.31. The number of likely N-dealkylation sites (N-methyl/N-ethyl adjacent to an activating group) is 2. The smallest absolute Gasteiger partial charge is 0.0711 e. The Morgan fingerprint density at radius 3 is 2.95 bits per heavy atom. The average Bonchev–Trinajstić information content (AvgIpc) is 2.79. The summed E-state index contributed by atoms with van der Waals surface area (Å²) >= 11 is 3.58. The van der Waals surface area contributed by atoms with Gasteiger partial charge in [-0.2, -0.15) is 5.10 Å². The van der Waals surface area contributed by atoms with Gasteiger partial charge in [0, 0.05) is 32.8 Å². The van der Waals surface area contributed by atoms with Gasteiger partial charge in [-0.3, -0.25) is 9.58 Å². The van der Waals surface area contributed by atoms with Crippen molar-refractivity contribution in [2.75, 3.05) is 47.4 Å². The van der Waals surface area contributed by atoms with Gasteiger partial charge in [0.25, 0.3) is 0 Å². The van der Waals surface area contributed by atoms with Crippen LogP contribution in [0.4, 0.5) is 0 Å². The normalized spacial score (nSPS) is 23.1. The Hall–Kier alpha value is -0.470. The van der Waals surface area contributed by atoms with E-state index in [1.807, 2.05) is 10.9 Å². The van der Waals surface area contributed by atoms with Crippen LogP contribution < -0.4 is 5.73 Å². The van der Waals surface area contributed by atoms with Crippen molar-refractivity contribution in [3.63, 3.8) is 0 Å². The van der Waals surface area contributed by atoms with Crippen LogP contribution in [0, 0.1) is 0 Å². The van der Waals surface area contributed by atoms with Gasteiger partial charge in [0.2, 0.25) is 0 Å². The Balaban J connectivity index is 2.18. The fraction of sp³-hybridized carbons (Fsp3) is 0.769. The lowest BCUT2D eigenvalue weighted by molar-refractivity contribution is 0.0944. The highest BCUT2D eigenvalue weighted by Crippen LogP contribution is 2.27. The lowest BCUT2D eigenvalue weighted by atomic mass is 10.0. The second-order valence-corrected chi connectivity index (χ2v) is 6.28. The van der Waals surface area contributed by atoms with Gasteiger partial charge in [-0.1, -0.05) is 0 Å². The molecule has 1 aromatic heterocycles. The number of methoxy groups -OCH3 is 1. The van der Waals surface area contributed by atoms with Crippen molar-refractivity contribution in [2.45, 2.75) is 18.6 Å². The van der Waals surface area contributed by atoms with Crippen LogP contribution in [-0.4, -0.2) is 73.1 Å². The van der Waals surface area contributed by atoms with Gasteiger partial charge in [-0.05, 0) is 30.0 Å². The molecule has 2 atom stereocenters. The van der Waals surface area contributed by atoms with Crippen LogP contribution >= 0.6 is 15.9 Å². The summed E-state index contributed by atoms with van der Waals surface area (Å²) in [7, 11) is 5.98. The van der Waals surface area contributed by atoms with E-state index in [1.165, 1.54) is 0 Å². The third-order valence-corrected chi connectivity index (χ3v) is 4.58. The van der Waals surface area contributed by atoms with Crippen LogP contribution in [0.2, 0.25) is 0 Å². The zero-order valence-electron chi connectivity index (χ0n) is 12.4. The van der Waals surface area contributed by atoms with E-state index in [4.69, 9.17) is 10.5 Å². The summed E-state index contributed by atoms with van der Waals surface area (Å²) in [5.41, 5.74) is 7.59. The number of hydrogen-bond acceptors (Lipinski definition) is 5. The minimum atomic E-state index is -0.0727. The number of piperazine rings is 1. The molecule has 2 rings (SSSR count). The fourth-order valence-electron chi connectivity index (χ4n) is 2.67. The van der Waals surface area contributed by atoms with Crippen molar-refractivity contribution in [3.05, 3.63) is 16.4 Å². The Morgan fingerprint density at radius 1 is 1.50 bits per heavy atom. The molecule has 6 nitrogen and oxygen atoms in total. The van der Waals surface area contributed by atoms with E-state index in [0.717, 1.165) is 36.3 Å². The average molecular weight is 346 g/mol. The van der Waals surface area contributed by atoms with Crippen molar-refractivity contribution in [1.29, 1.82) is 0 Å². The van der Waals surface area contributed by atoms with Crippen LogP contribution in [0.1, 0.15) is 11.7 Å². The maximum atomic E-state index is 6.54. The minimum Gasteiger partial charge on any atom is -0.383 e. The van der Waals surface area contributed by atoms with Gasteiger partial charge in [-0.15, -0.1) is 0 Å². The molecular formula is C13H24BrN5O. The second-order valence-electron chi connectivity index (χ2n) is 5.43. The van der Waals surface area contributed by atoms with Crippen LogP contribution in [0.25, 0.3) is 0 Å². The van der Waals surface area contributed by atoms with E-state index in [-0.39, 0.29) is 6.04 Å². The predicted octanol–water partition coefficient (Wildman–Crippen LogP) is 0.538. The van der Waals surface area contributed by atoms with E-state index in [2.05, 4.69) is 44.9 Å². The molecule has 0 radical (unpaired) electrons. The Labute approximate surface area is 129 Å². The van der Waals surface area contributed by atoms with Gasteiger partial charge >= 0.3 is 0 Å². The maximum Gasteiger partial charge on any atom is 0.0711 e. The first-order valence-corrected chi connectivity index (χ1v) is 7.68. The van der Waals surface area contributed by atoms with E-state index < -0.39 is 0 Å². The largest absolute Gasteiger partial charge is 0.383 e. The van der Waals surface area contributed by atoms with Crippen molar-refractivity contribution in [1.82, 2.24) is 19.6 Å². The van der Waals surface area contributed by atoms with Crippen molar-refractivity contribution in [3.8, 4) is 0 Å². The van der Waals surface area contributed by atoms with Crippen LogP contribution in [-0.2, 0) is 11.3 Å². The molecule has 20 heavy (non-hydrogen) atoms. The molecule has 1 aliphatic heterocycles. The molecule has 1 saturated heterocycles. The summed E-state index contributed by atoms with van der Waals surface area (Å²) in [6.45, 7) is 4.45. The monoisotopic (exact) mass is 345 g/mol. The summed E-state index contributed by atoms with van der Waals surface area (Å²) in [6.07, 6.45) is 1.82. The first-order valence-electron chi connectivity index (χ1n) is 6.89. The highest BCUT2D eigenvalue weighted by atomic mass is 79.9. The molecule has 1 fully saturated rings. The summed E-state index contributed by atoms with van der Waals surface area (Å²) in [5.74, 6) is 0. The molecule has 0 spiro atoms. The number of nitrogens with zero attached hydrogens (tertiary/aromatic N) is 4. The molecular weight excluding hydrogens is 322 g/mol. The lowest BCUT2D eigenvalue weighted by Gasteiger charge is -2.40. The maximum absolute atomic E-state index is 6.54. The first-order chi connectivity index (χ1) is 9.54. The van der Waals surface area contributed by atoms with Crippen LogP contribution in [0.15, 0.2) is 10.7 Å². The fourth-order valence-corrected chi connectivity index (χ4v) is 3.23. The lowest BCUT2D eigenvalue weighted by Crippen LogP contribution is -2.54. The molecule has 2 heterocycles. The van der Waals surface area contributed by atoms with E-state index in [1.54, 1.807) is 7.11 Å². The molecule has 7 heteroatoms. The number of halogens is 1. The molecule has 0 bridgehead atoms. The van der Waals surface area contributed by atoms with Crippen molar-refractivity contribution in [2.24, 2.45) is 5.73 Å². The summed E-state index contributed by atoms with van der Waals surface area (Å²) in [5, 5.41) is 4.39. The van der Waals surface area contributed by atoms with Crippen LogP contribution in [0.5, 0.6) is 0 Å². The molecule has 0 aromatic carbocycles. The molecule has 0 aliphatic carbocycles. The molecule has 2 unspecified atom stereocenters. The standard InChI is InChI=1S/C13H24BrN5O/c1-17-4-5-18(2)11(9-17)12(15)13-10(14)8-16-19(13)6-7-20-3/h8,11-12H,4-7,9,15H2,1-3H3. The number of nitrogens with two attached hydrogens (primary N) is 1. The summed E-state index contributed by atoms with van der Waals surface area (Å²) in [4.78, 5) is 4.67. The zero-order valence-corrected chi connectivity index (χ0v) is 14.0. The van der Waals surface area contributed by atoms with E-state index >= 15 is 0 Å². The number of rotatable bonds is 5. The predicted molar refractivity (Wildman–Crippen MR) is 82.6 cm³/mol. The topological polar surface area (TPSA) is 59.6 Å². The molecule has 0 amide bonds. The third kappa shape index (κ3) is 3.40. The van der Waals surface area contributed by atoms with Gasteiger partial charge in [0.15, 0.2) is 0 Å². The minimum absolute atomic E-state index is 0.0727. The van der Waals surface area contributed by atoms with Crippen molar-refractivity contribution >= 4 is 15.9 Å². The van der Waals surface area contributed by atoms with Crippen LogP contribution in [0.3, 0.4) is 0 Å². The highest BCUT2D eigenvalue weighted by molar-refractivity contribution is 9.10. The molecule has 114 valence electrons. The number of ether oxygens (including phenoxy) is 1. The number of hydrogen-bond donors (Lipinski definition) is 1. The molecule has 1 aromatic rings. The van der Waals surface area contributed by atoms with Gasteiger partial charge < -0.3 is 15.4 Å². The SMILES string of the molecule is COCCn1ncc(Br)c1C(N)C1CN(C)CCN1C. The van der Waals surface area contributed by atoms with E-state index in [9.17, 15) is 0 Å². The number of aromatic nitrogens is 2. The molecule has 1 aliphatic rings. The first kappa shape index (κ1) is 15.9. The third-order valence-electron chi connectivity index (χ3n) is 3.97. The molecule has 2 N–H and O–H groups in total. The Bertz CT molecular complexity index is 438. The summed E-state index contributed by atoms with van der Waals surface area (Å²) in [6, 6.07) is 0.222. The quantitative estimate of drug-likeness (QED) is 0.843. The van der Waals surface area contributed by atoms with Gasteiger partial charge in [0.05, 0.1) is 35.6 Å². The second kappa shape index (κ2) is 7.00. The zero-order chi connectivity index (χ0) is 14.7. The molecule has 0 saturated carbocycles. The van der Waals surface area contributed by atoms with E-state index in [0.29, 0.717) is 12.6 Å². The van der Waals surface area contributed by atoms with Gasteiger partial charge in [0.1, 0.15) is 0 Å². The Kier molecular flexibility index (Phi) is 5.57.